The van der Waals surface area contributed by atoms with Crippen LogP contribution in [0.3, 0.4) is 0 Å². The lowest BCUT2D eigenvalue weighted by molar-refractivity contribution is 0.0697. The first-order valence-corrected chi connectivity index (χ1v) is 6.45. The van der Waals surface area contributed by atoms with Gasteiger partial charge in [0.1, 0.15) is 5.75 Å². The number of rotatable bonds is 3. The first-order valence-electron chi connectivity index (χ1n) is 6.45. The van der Waals surface area contributed by atoms with Gasteiger partial charge in [0, 0.05) is 17.1 Å². The van der Waals surface area contributed by atoms with Gasteiger partial charge in [0.15, 0.2) is 0 Å². The quantitative estimate of drug-likeness (QED) is 0.795. The number of carboxylic acid groups (broad SMARTS) is 1. The Kier molecular flexibility index (Phi) is 3.28. The van der Waals surface area contributed by atoms with Crippen molar-refractivity contribution in [3.63, 3.8) is 0 Å². The third-order valence-corrected chi connectivity index (χ3v) is 3.35. The molecule has 4 nitrogen and oxygen atoms in total. The van der Waals surface area contributed by atoms with Crippen LogP contribution >= 0.6 is 0 Å². The minimum Gasteiger partial charge on any atom is -0.497 e. The Hall–Kier alpha value is -2.88. The fraction of sp³-hybridized carbons (Fsp3) is 0.0588. The molecule has 0 spiro atoms. The molecule has 104 valence electrons. The first kappa shape index (κ1) is 13.1. The second kappa shape index (κ2) is 5.25. The summed E-state index contributed by atoms with van der Waals surface area (Å²) in [6.45, 7) is 0. The monoisotopic (exact) mass is 279 g/mol. The van der Waals surface area contributed by atoms with Gasteiger partial charge in [-0.3, -0.25) is 4.98 Å². The van der Waals surface area contributed by atoms with Crippen molar-refractivity contribution in [2.45, 2.75) is 0 Å². The fourth-order valence-electron chi connectivity index (χ4n) is 2.21. The molecule has 0 bridgehead atoms. The van der Waals surface area contributed by atoms with Crippen LogP contribution in [0, 0.1) is 0 Å². The molecule has 0 atom stereocenters. The summed E-state index contributed by atoms with van der Waals surface area (Å²) < 4.78 is 5.14. The molecule has 0 saturated carbocycles. The minimum absolute atomic E-state index is 0.260. The predicted octanol–water partition coefficient (Wildman–Crippen LogP) is 3.61. The number of fused-ring (bicyclic) bond motifs is 1. The molecule has 0 amide bonds. The highest BCUT2D eigenvalue weighted by Crippen LogP contribution is 2.25. The van der Waals surface area contributed by atoms with Crippen LogP contribution in [0.2, 0.25) is 0 Å². The van der Waals surface area contributed by atoms with Crippen molar-refractivity contribution in [2.75, 3.05) is 7.11 Å². The summed E-state index contributed by atoms with van der Waals surface area (Å²) in [5.41, 5.74) is 2.98. The van der Waals surface area contributed by atoms with Crippen LogP contribution in [0.5, 0.6) is 5.75 Å². The zero-order valence-electron chi connectivity index (χ0n) is 11.4. The van der Waals surface area contributed by atoms with Gasteiger partial charge in [0.25, 0.3) is 0 Å². The Balaban J connectivity index is 2.08. The Morgan fingerprint density at radius 2 is 1.81 bits per heavy atom. The van der Waals surface area contributed by atoms with Gasteiger partial charge in [-0.15, -0.1) is 0 Å². The molecule has 21 heavy (non-hydrogen) atoms. The summed E-state index contributed by atoms with van der Waals surface area (Å²) in [6, 6.07) is 14.5. The maximum atomic E-state index is 11.0. The molecular weight excluding hydrogens is 266 g/mol. The van der Waals surface area contributed by atoms with Crippen molar-refractivity contribution in [1.29, 1.82) is 0 Å². The summed E-state index contributed by atoms with van der Waals surface area (Å²) >= 11 is 0. The Morgan fingerprint density at radius 3 is 2.48 bits per heavy atom. The summed E-state index contributed by atoms with van der Waals surface area (Å²) in [4.78, 5) is 15.4. The number of nitrogens with zero attached hydrogens (tertiary/aromatic N) is 1. The lowest BCUT2D eigenvalue weighted by atomic mass is 10.0. The third-order valence-electron chi connectivity index (χ3n) is 3.35. The summed E-state index contributed by atoms with van der Waals surface area (Å²) in [5.74, 6) is -0.146. The molecule has 0 aliphatic heterocycles. The topological polar surface area (TPSA) is 59.4 Å². The van der Waals surface area contributed by atoms with E-state index >= 15 is 0 Å². The Morgan fingerprint density at radius 1 is 1.05 bits per heavy atom. The largest absolute Gasteiger partial charge is 0.497 e. The number of hydrogen-bond donors (Lipinski definition) is 1. The highest BCUT2D eigenvalue weighted by Gasteiger charge is 2.06. The Labute approximate surface area is 121 Å². The molecule has 0 radical (unpaired) electrons. The van der Waals surface area contributed by atoms with Crippen molar-refractivity contribution in [2.24, 2.45) is 0 Å². The van der Waals surface area contributed by atoms with E-state index in [-0.39, 0.29) is 5.56 Å². The smallest absolute Gasteiger partial charge is 0.335 e. The summed E-state index contributed by atoms with van der Waals surface area (Å²) in [7, 11) is 1.63. The van der Waals surface area contributed by atoms with Crippen LogP contribution < -0.4 is 4.74 Å². The van der Waals surface area contributed by atoms with Gasteiger partial charge >= 0.3 is 5.97 Å². The van der Waals surface area contributed by atoms with Crippen molar-refractivity contribution >= 4 is 16.9 Å². The van der Waals surface area contributed by atoms with Gasteiger partial charge in [0.2, 0.25) is 0 Å². The number of benzene rings is 2. The van der Waals surface area contributed by atoms with E-state index in [0.717, 1.165) is 27.8 Å². The predicted molar refractivity (Wildman–Crippen MR) is 80.7 cm³/mol. The summed E-state index contributed by atoms with van der Waals surface area (Å²) in [6.07, 6.45) is 1.78. The van der Waals surface area contributed by atoms with E-state index in [1.165, 1.54) is 0 Å². The van der Waals surface area contributed by atoms with Gasteiger partial charge < -0.3 is 9.84 Å². The van der Waals surface area contributed by atoms with Gasteiger partial charge in [-0.1, -0.05) is 12.1 Å². The number of aromatic nitrogens is 1. The molecule has 1 N–H and O–H groups in total. The maximum Gasteiger partial charge on any atom is 0.335 e. The van der Waals surface area contributed by atoms with Crippen LogP contribution in [0.4, 0.5) is 0 Å². The normalized spacial score (nSPS) is 10.5. The zero-order chi connectivity index (χ0) is 14.8. The van der Waals surface area contributed by atoms with Crippen molar-refractivity contribution in [3.8, 4) is 16.9 Å². The second-order valence-electron chi connectivity index (χ2n) is 4.67. The SMILES string of the molecule is COc1ccc(-c2cnc3ccc(C(=O)O)cc3c2)cc1. The van der Waals surface area contributed by atoms with E-state index in [2.05, 4.69) is 4.98 Å². The van der Waals surface area contributed by atoms with Crippen molar-refractivity contribution in [3.05, 3.63) is 60.3 Å². The zero-order valence-corrected chi connectivity index (χ0v) is 11.4. The standard InChI is InChI=1S/C17H13NO3/c1-21-15-5-2-11(3-6-15)14-9-13-8-12(17(19)20)4-7-16(13)18-10-14/h2-10H,1H3,(H,19,20). The van der Waals surface area contributed by atoms with Gasteiger partial charge in [-0.05, 0) is 42.0 Å². The first-order chi connectivity index (χ1) is 10.2. The molecule has 0 aliphatic rings. The number of methoxy groups -OCH3 is 1. The number of carbonyl (C=O) groups is 1. The van der Waals surface area contributed by atoms with Crippen LogP contribution in [0.15, 0.2) is 54.7 Å². The molecule has 3 rings (SSSR count). The van der Waals surface area contributed by atoms with E-state index in [1.807, 2.05) is 30.3 Å². The molecule has 0 aliphatic carbocycles. The lowest BCUT2D eigenvalue weighted by Crippen LogP contribution is -1.95. The van der Waals surface area contributed by atoms with Crippen molar-refractivity contribution < 1.29 is 14.6 Å². The van der Waals surface area contributed by atoms with Crippen LogP contribution in [-0.2, 0) is 0 Å². The average molecular weight is 279 g/mol. The molecule has 3 aromatic rings. The number of carboxylic acids is 1. The van der Waals surface area contributed by atoms with Crippen LogP contribution in [-0.4, -0.2) is 23.2 Å². The number of aromatic carboxylic acids is 1. The molecule has 0 saturated heterocycles. The number of pyridine rings is 1. The van der Waals surface area contributed by atoms with E-state index in [9.17, 15) is 4.79 Å². The molecule has 2 aromatic carbocycles. The molecule has 0 fully saturated rings. The maximum absolute atomic E-state index is 11.0. The van der Waals surface area contributed by atoms with E-state index in [4.69, 9.17) is 9.84 Å². The lowest BCUT2D eigenvalue weighted by Gasteiger charge is -2.05. The molecule has 1 aromatic heterocycles. The van der Waals surface area contributed by atoms with Crippen LogP contribution in [0.25, 0.3) is 22.0 Å². The second-order valence-corrected chi connectivity index (χ2v) is 4.67. The molecule has 0 unspecified atom stereocenters. The van der Waals surface area contributed by atoms with Gasteiger partial charge in [-0.2, -0.15) is 0 Å². The highest BCUT2D eigenvalue weighted by molar-refractivity contribution is 5.94. The molecule has 4 heteroatoms. The van der Waals surface area contributed by atoms with E-state index in [0.29, 0.717) is 0 Å². The Bertz CT molecular complexity index is 810. The fourth-order valence-corrected chi connectivity index (χ4v) is 2.21. The summed E-state index contributed by atoms with van der Waals surface area (Å²) in [5, 5.41) is 9.86. The highest BCUT2D eigenvalue weighted by atomic mass is 16.5. The molecule has 1 heterocycles. The number of hydrogen-bond acceptors (Lipinski definition) is 3. The number of ether oxygens (including phenoxy) is 1. The van der Waals surface area contributed by atoms with E-state index in [1.54, 1.807) is 31.5 Å². The van der Waals surface area contributed by atoms with Crippen LogP contribution in [0.1, 0.15) is 10.4 Å². The van der Waals surface area contributed by atoms with Crippen molar-refractivity contribution in [1.82, 2.24) is 4.98 Å². The van der Waals surface area contributed by atoms with Gasteiger partial charge in [-0.25, -0.2) is 4.79 Å². The van der Waals surface area contributed by atoms with Gasteiger partial charge in [0.05, 0.1) is 18.2 Å². The molecular formula is C17H13NO3. The third kappa shape index (κ3) is 2.56. The minimum atomic E-state index is -0.938. The average Bonchev–Trinajstić information content (AvgIpc) is 2.54. The van der Waals surface area contributed by atoms with E-state index < -0.39 is 5.97 Å².